The summed E-state index contributed by atoms with van der Waals surface area (Å²) in [4.78, 5) is 14.7. The SMILES string of the molecule is O=C1[C@]2(c3ccccc3)CC[C@]1(c1ccccc1)C(c1ccccc1)=C2c1ccccc1. The Morgan fingerprint density at radius 1 is 0.438 bits per heavy atom. The summed E-state index contributed by atoms with van der Waals surface area (Å²) in [6, 6.07) is 41.9. The minimum atomic E-state index is -0.635. The fraction of sp³-hybridized carbons (Fsp3) is 0.129. The standard InChI is InChI=1S/C31H24O/c32-29-30(25-17-9-3-10-18-25)21-22-31(29,26-19-11-4-12-20-26)28(24-15-7-2-8-16-24)27(30)23-13-5-1-6-14-23/h1-20H,21-22H2/t30-,31-/m0/s1. The molecule has 0 spiro atoms. The first kappa shape index (κ1) is 19.0. The first-order valence-corrected chi connectivity index (χ1v) is 11.3. The summed E-state index contributed by atoms with van der Waals surface area (Å²) in [6.45, 7) is 0. The van der Waals surface area contributed by atoms with Gasteiger partial charge < -0.3 is 0 Å². The molecule has 2 bridgehead atoms. The van der Waals surface area contributed by atoms with Crippen LogP contribution in [0.4, 0.5) is 0 Å². The molecular formula is C31H24O. The normalized spacial score (nSPS) is 24.2. The Balaban J connectivity index is 1.77. The van der Waals surface area contributed by atoms with E-state index in [1.54, 1.807) is 0 Å². The van der Waals surface area contributed by atoms with Crippen LogP contribution in [0, 0.1) is 0 Å². The van der Waals surface area contributed by atoms with E-state index >= 15 is 0 Å². The van der Waals surface area contributed by atoms with Crippen molar-refractivity contribution in [2.45, 2.75) is 23.7 Å². The molecule has 0 radical (unpaired) electrons. The highest BCUT2D eigenvalue weighted by Gasteiger charge is 2.67. The second-order valence-electron chi connectivity index (χ2n) is 8.85. The molecule has 1 nitrogen and oxygen atoms in total. The number of carbonyl (C=O) groups excluding carboxylic acids is 1. The molecular weight excluding hydrogens is 388 g/mol. The summed E-state index contributed by atoms with van der Waals surface area (Å²) in [5, 5.41) is 0. The molecule has 6 rings (SSSR count). The van der Waals surface area contributed by atoms with Gasteiger partial charge in [-0.3, -0.25) is 4.79 Å². The summed E-state index contributed by atoms with van der Waals surface area (Å²) in [6.07, 6.45) is 1.65. The van der Waals surface area contributed by atoms with Gasteiger partial charge in [0.05, 0.1) is 10.8 Å². The van der Waals surface area contributed by atoms with Crippen molar-refractivity contribution < 1.29 is 4.79 Å². The van der Waals surface area contributed by atoms with Gasteiger partial charge >= 0.3 is 0 Å². The van der Waals surface area contributed by atoms with Crippen LogP contribution in [0.25, 0.3) is 11.1 Å². The minimum absolute atomic E-state index is 0.320. The number of hydrogen-bond acceptors (Lipinski definition) is 1. The molecule has 2 atom stereocenters. The molecule has 0 unspecified atom stereocenters. The largest absolute Gasteiger partial charge is 0.297 e. The molecule has 0 aromatic heterocycles. The zero-order valence-corrected chi connectivity index (χ0v) is 17.9. The van der Waals surface area contributed by atoms with Gasteiger partial charge in [-0.15, -0.1) is 0 Å². The Hall–Kier alpha value is -3.71. The van der Waals surface area contributed by atoms with Gasteiger partial charge in [-0.25, -0.2) is 0 Å². The highest BCUT2D eigenvalue weighted by Crippen LogP contribution is 2.68. The molecule has 4 aromatic rings. The van der Waals surface area contributed by atoms with E-state index in [0.29, 0.717) is 5.78 Å². The maximum absolute atomic E-state index is 14.7. The van der Waals surface area contributed by atoms with Crippen LogP contribution in [0.15, 0.2) is 121 Å². The van der Waals surface area contributed by atoms with E-state index in [1.807, 2.05) is 24.3 Å². The molecule has 0 saturated heterocycles. The second kappa shape index (κ2) is 7.17. The molecule has 154 valence electrons. The number of hydrogen-bond donors (Lipinski definition) is 0. The molecule has 4 aromatic carbocycles. The summed E-state index contributed by atoms with van der Waals surface area (Å²) < 4.78 is 0. The van der Waals surface area contributed by atoms with Crippen LogP contribution in [0.2, 0.25) is 0 Å². The Morgan fingerprint density at radius 3 is 1.09 bits per heavy atom. The van der Waals surface area contributed by atoms with Crippen molar-refractivity contribution in [2.75, 3.05) is 0 Å². The van der Waals surface area contributed by atoms with Gasteiger partial charge in [0, 0.05) is 0 Å². The fourth-order valence-corrected chi connectivity index (χ4v) is 6.15. The summed E-state index contributed by atoms with van der Waals surface area (Å²) in [7, 11) is 0. The Bertz CT molecular complexity index is 1200. The van der Waals surface area contributed by atoms with E-state index in [4.69, 9.17) is 0 Å². The lowest BCUT2D eigenvalue weighted by atomic mass is 9.68. The Morgan fingerprint density at radius 2 is 0.750 bits per heavy atom. The monoisotopic (exact) mass is 412 g/mol. The van der Waals surface area contributed by atoms with E-state index in [2.05, 4.69) is 97.1 Å². The van der Waals surface area contributed by atoms with E-state index in [0.717, 1.165) is 35.1 Å². The topological polar surface area (TPSA) is 17.1 Å². The molecule has 0 heterocycles. The Labute approximate surface area is 189 Å². The smallest absolute Gasteiger partial charge is 0.162 e. The lowest BCUT2D eigenvalue weighted by molar-refractivity contribution is -0.122. The lowest BCUT2D eigenvalue weighted by Crippen LogP contribution is -2.35. The van der Waals surface area contributed by atoms with Gasteiger partial charge in [-0.05, 0) is 46.2 Å². The summed E-state index contributed by atoms with van der Waals surface area (Å²) in [5.74, 6) is 0.320. The first-order valence-electron chi connectivity index (χ1n) is 11.3. The van der Waals surface area contributed by atoms with Crippen LogP contribution in [-0.2, 0) is 15.6 Å². The molecule has 0 amide bonds. The van der Waals surface area contributed by atoms with Gasteiger partial charge in [0.2, 0.25) is 0 Å². The van der Waals surface area contributed by atoms with Crippen molar-refractivity contribution >= 4 is 16.9 Å². The zero-order chi connectivity index (χ0) is 21.6. The molecule has 32 heavy (non-hydrogen) atoms. The van der Waals surface area contributed by atoms with E-state index < -0.39 is 10.8 Å². The average molecular weight is 413 g/mol. The van der Waals surface area contributed by atoms with Gasteiger partial charge in [-0.2, -0.15) is 0 Å². The van der Waals surface area contributed by atoms with Gasteiger partial charge in [0.15, 0.2) is 5.78 Å². The molecule has 1 fully saturated rings. The maximum Gasteiger partial charge on any atom is 0.162 e. The number of benzene rings is 4. The predicted octanol–water partition coefficient (Wildman–Crippen LogP) is 6.85. The number of allylic oxidation sites excluding steroid dienone is 2. The van der Waals surface area contributed by atoms with Crippen LogP contribution in [0.3, 0.4) is 0 Å². The van der Waals surface area contributed by atoms with Crippen molar-refractivity contribution in [1.82, 2.24) is 0 Å². The molecule has 0 aliphatic heterocycles. The number of rotatable bonds is 4. The molecule has 2 aliphatic rings. The number of fused-ring (bicyclic) bond motifs is 2. The van der Waals surface area contributed by atoms with Crippen molar-refractivity contribution in [3.63, 3.8) is 0 Å². The maximum atomic E-state index is 14.7. The molecule has 1 saturated carbocycles. The quantitative estimate of drug-likeness (QED) is 0.358. The predicted molar refractivity (Wildman–Crippen MR) is 130 cm³/mol. The third-order valence-electron chi connectivity index (χ3n) is 7.41. The Kier molecular flexibility index (Phi) is 4.26. The lowest BCUT2D eigenvalue weighted by Gasteiger charge is -2.33. The highest BCUT2D eigenvalue weighted by molar-refractivity contribution is 6.29. The van der Waals surface area contributed by atoms with E-state index in [9.17, 15) is 4.79 Å². The zero-order valence-electron chi connectivity index (χ0n) is 17.9. The summed E-state index contributed by atoms with van der Waals surface area (Å²) >= 11 is 0. The second-order valence-corrected chi connectivity index (χ2v) is 8.85. The van der Waals surface area contributed by atoms with E-state index in [-0.39, 0.29) is 0 Å². The van der Waals surface area contributed by atoms with Crippen LogP contribution in [-0.4, -0.2) is 5.78 Å². The molecule has 1 heteroatoms. The molecule has 0 N–H and O–H groups in total. The van der Waals surface area contributed by atoms with Gasteiger partial charge in [0.1, 0.15) is 0 Å². The molecule has 2 aliphatic carbocycles. The van der Waals surface area contributed by atoms with Crippen LogP contribution < -0.4 is 0 Å². The van der Waals surface area contributed by atoms with Gasteiger partial charge in [-0.1, -0.05) is 121 Å². The van der Waals surface area contributed by atoms with Crippen molar-refractivity contribution in [3.8, 4) is 0 Å². The number of ketones is 1. The third kappa shape index (κ3) is 2.42. The summed E-state index contributed by atoms with van der Waals surface area (Å²) in [5.41, 5.74) is 5.57. The number of Topliss-reactive ketones (excluding diaryl/α,β-unsaturated/α-hetero) is 1. The first-order chi connectivity index (χ1) is 15.8. The van der Waals surface area contributed by atoms with Crippen molar-refractivity contribution in [1.29, 1.82) is 0 Å². The average Bonchev–Trinajstić information content (AvgIpc) is 3.31. The van der Waals surface area contributed by atoms with E-state index in [1.165, 1.54) is 11.1 Å². The highest BCUT2D eigenvalue weighted by atomic mass is 16.1. The number of carbonyl (C=O) groups is 1. The fourth-order valence-electron chi connectivity index (χ4n) is 6.15. The van der Waals surface area contributed by atoms with Crippen LogP contribution in [0.5, 0.6) is 0 Å². The minimum Gasteiger partial charge on any atom is -0.297 e. The van der Waals surface area contributed by atoms with Crippen LogP contribution in [0.1, 0.15) is 35.1 Å². The van der Waals surface area contributed by atoms with Gasteiger partial charge in [0.25, 0.3) is 0 Å². The van der Waals surface area contributed by atoms with Crippen molar-refractivity contribution in [3.05, 3.63) is 144 Å². The third-order valence-corrected chi connectivity index (χ3v) is 7.41. The van der Waals surface area contributed by atoms with Crippen LogP contribution >= 0.6 is 0 Å². The van der Waals surface area contributed by atoms with Crippen molar-refractivity contribution in [2.24, 2.45) is 0 Å².